The van der Waals surface area contributed by atoms with E-state index in [1.54, 1.807) is 6.07 Å². The molecule has 0 bridgehead atoms. The molecule has 0 radical (unpaired) electrons. The van der Waals surface area contributed by atoms with Gasteiger partial charge in [0.1, 0.15) is 5.15 Å². The molecular weight excluding hydrogens is 224 g/mol. The largest absolute Gasteiger partial charge is 0.354 e. The first-order chi connectivity index (χ1) is 7.74. The molecule has 0 aromatic carbocycles. The molecular formula is C11H17ClN4. The van der Waals surface area contributed by atoms with E-state index in [2.05, 4.69) is 20.6 Å². The third-order valence-electron chi connectivity index (χ3n) is 2.77. The number of hydrogen-bond donors (Lipinski definition) is 2. The van der Waals surface area contributed by atoms with E-state index < -0.39 is 0 Å². The van der Waals surface area contributed by atoms with E-state index in [-0.39, 0.29) is 0 Å². The van der Waals surface area contributed by atoms with Crippen LogP contribution >= 0.6 is 11.6 Å². The minimum Gasteiger partial charge on any atom is -0.354 e. The summed E-state index contributed by atoms with van der Waals surface area (Å²) >= 11 is 5.87. The van der Waals surface area contributed by atoms with Crippen LogP contribution in [0.3, 0.4) is 0 Å². The Morgan fingerprint density at radius 3 is 3.12 bits per heavy atom. The third-order valence-corrected chi connectivity index (χ3v) is 2.96. The lowest BCUT2D eigenvalue weighted by atomic mass is 10.00. The lowest BCUT2D eigenvalue weighted by Gasteiger charge is -2.22. The molecule has 1 aliphatic rings. The molecule has 1 aromatic heterocycles. The molecule has 1 atom stereocenters. The van der Waals surface area contributed by atoms with Crippen LogP contribution in [-0.2, 0) is 0 Å². The van der Waals surface area contributed by atoms with Gasteiger partial charge in [-0.25, -0.2) is 9.97 Å². The fourth-order valence-electron chi connectivity index (χ4n) is 1.94. The smallest absolute Gasteiger partial charge is 0.224 e. The number of aryl methyl sites for hydroxylation is 1. The first-order valence-corrected chi connectivity index (χ1v) is 6.07. The summed E-state index contributed by atoms with van der Waals surface area (Å²) in [6.07, 6.45) is 2.52. The van der Waals surface area contributed by atoms with Gasteiger partial charge in [-0.2, -0.15) is 0 Å². The normalized spacial score (nSPS) is 20.8. The van der Waals surface area contributed by atoms with Crippen molar-refractivity contribution in [3.05, 3.63) is 16.9 Å². The Bertz CT molecular complexity index is 330. The van der Waals surface area contributed by atoms with Crippen molar-refractivity contribution >= 4 is 17.5 Å². The first-order valence-electron chi connectivity index (χ1n) is 5.70. The van der Waals surface area contributed by atoms with Gasteiger partial charge in [-0.05, 0) is 44.8 Å². The fourth-order valence-corrected chi connectivity index (χ4v) is 2.18. The lowest BCUT2D eigenvalue weighted by molar-refractivity contribution is 0.392. The van der Waals surface area contributed by atoms with Gasteiger partial charge in [-0.15, -0.1) is 0 Å². The molecule has 1 unspecified atom stereocenters. The molecule has 5 heteroatoms. The average Bonchev–Trinajstić information content (AvgIpc) is 2.27. The van der Waals surface area contributed by atoms with Crippen molar-refractivity contribution < 1.29 is 0 Å². The van der Waals surface area contributed by atoms with Gasteiger partial charge in [0.2, 0.25) is 5.95 Å². The molecule has 2 rings (SSSR count). The second kappa shape index (κ2) is 5.46. The van der Waals surface area contributed by atoms with Gasteiger partial charge in [0.25, 0.3) is 0 Å². The summed E-state index contributed by atoms with van der Waals surface area (Å²) in [6.45, 7) is 5.05. The predicted octanol–water partition coefficient (Wildman–Crippen LogP) is 1.85. The monoisotopic (exact) mass is 240 g/mol. The number of hydrogen-bond acceptors (Lipinski definition) is 4. The maximum absolute atomic E-state index is 5.87. The van der Waals surface area contributed by atoms with E-state index >= 15 is 0 Å². The summed E-state index contributed by atoms with van der Waals surface area (Å²) in [5.74, 6) is 1.30. The second-order valence-electron chi connectivity index (χ2n) is 4.25. The van der Waals surface area contributed by atoms with Crippen LogP contribution in [0, 0.1) is 12.8 Å². The summed E-state index contributed by atoms with van der Waals surface area (Å²) in [6, 6.07) is 1.76. The fraction of sp³-hybridized carbons (Fsp3) is 0.636. The number of piperidine rings is 1. The van der Waals surface area contributed by atoms with Crippen LogP contribution in [0.1, 0.15) is 18.5 Å². The predicted molar refractivity (Wildman–Crippen MR) is 65.9 cm³/mol. The van der Waals surface area contributed by atoms with Crippen molar-refractivity contribution in [2.24, 2.45) is 5.92 Å². The van der Waals surface area contributed by atoms with E-state index in [1.807, 2.05) is 6.92 Å². The van der Waals surface area contributed by atoms with Crippen molar-refractivity contribution in [1.82, 2.24) is 15.3 Å². The number of halogens is 1. The van der Waals surface area contributed by atoms with Gasteiger partial charge in [0.15, 0.2) is 0 Å². The Labute approximate surface area is 101 Å². The van der Waals surface area contributed by atoms with Crippen molar-refractivity contribution in [1.29, 1.82) is 0 Å². The zero-order chi connectivity index (χ0) is 11.4. The number of nitrogens with one attached hydrogen (secondary N) is 2. The first kappa shape index (κ1) is 11.6. The number of aromatic nitrogens is 2. The zero-order valence-corrected chi connectivity index (χ0v) is 10.2. The van der Waals surface area contributed by atoms with E-state index in [1.165, 1.54) is 12.8 Å². The van der Waals surface area contributed by atoms with E-state index in [0.29, 0.717) is 17.0 Å². The van der Waals surface area contributed by atoms with Crippen LogP contribution in [0.25, 0.3) is 0 Å². The molecule has 0 spiro atoms. The molecule has 2 N–H and O–H groups in total. The van der Waals surface area contributed by atoms with Gasteiger partial charge in [-0.3, -0.25) is 0 Å². The van der Waals surface area contributed by atoms with Gasteiger partial charge < -0.3 is 10.6 Å². The molecule has 88 valence electrons. The van der Waals surface area contributed by atoms with E-state index in [0.717, 1.165) is 25.3 Å². The number of rotatable bonds is 3. The third kappa shape index (κ3) is 3.32. The minimum atomic E-state index is 0.497. The van der Waals surface area contributed by atoms with Crippen LogP contribution in [0.4, 0.5) is 5.95 Å². The van der Waals surface area contributed by atoms with Crippen LogP contribution in [0.2, 0.25) is 5.15 Å². The molecule has 1 aliphatic heterocycles. The standard InChI is InChI=1S/C11H17ClN4/c1-8-5-10(12)16-11(15-8)14-7-9-3-2-4-13-6-9/h5,9,13H,2-4,6-7H2,1H3,(H,14,15,16). The molecule has 1 fully saturated rings. The molecule has 0 saturated carbocycles. The van der Waals surface area contributed by atoms with Gasteiger partial charge in [0, 0.05) is 12.2 Å². The average molecular weight is 241 g/mol. The minimum absolute atomic E-state index is 0.497. The Balaban J connectivity index is 1.88. The highest BCUT2D eigenvalue weighted by atomic mass is 35.5. The molecule has 16 heavy (non-hydrogen) atoms. The Morgan fingerprint density at radius 2 is 2.44 bits per heavy atom. The Kier molecular flexibility index (Phi) is 3.96. The Hall–Kier alpha value is -0.870. The Morgan fingerprint density at radius 1 is 1.56 bits per heavy atom. The van der Waals surface area contributed by atoms with Crippen molar-refractivity contribution in [3.63, 3.8) is 0 Å². The highest BCUT2D eigenvalue weighted by molar-refractivity contribution is 6.29. The molecule has 1 saturated heterocycles. The van der Waals surface area contributed by atoms with E-state index in [4.69, 9.17) is 11.6 Å². The van der Waals surface area contributed by atoms with Crippen LogP contribution < -0.4 is 10.6 Å². The van der Waals surface area contributed by atoms with Crippen LogP contribution in [0.15, 0.2) is 6.07 Å². The van der Waals surface area contributed by atoms with Gasteiger partial charge in [0.05, 0.1) is 0 Å². The molecule has 4 nitrogen and oxygen atoms in total. The number of anilines is 1. The summed E-state index contributed by atoms with van der Waals surface area (Å²) in [4.78, 5) is 8.43. The quantitative estimate of drug-likeness (QED) is 0.792. The maximum atomic E-state index is 5.87. The number of nitrogens with zero attached hydrogens (tertiary/aromatic N) is 2. The topological polar surface area (TPSA) is 49.8 Å². The molecule has 2 heterocycles. The highest BCUT2D eigenvalue weighted by Crippen LogP contribution is 2.13. The molecule has 1 aromatic rings. The summed E-state index contributed by atoms with van der Waals surface area (Å²) in [7, 11) is 0. The second-order valence-corrected chi connectivity index (χ2v) is 4.64. The highest BCUT2D eigenvalue weighted by Gasteiger charge is 2.12. The van der Waals surface area contributed by atoms with Crippen molar-refractivity contribution in [2.75, 3.05) is 25.0 Å². The summed E-state index contributed by atoms with van der Waals surface area (Å²) in [5.41, 5.74) is 0.893. The summed E-state index contributed by atoms with van der Waals surface area (Å²) < 4.78 is 0. The van der Waals surface area contributed by atoms with Crippen molar-refractivity contribution in [2.45, 2.75) is 19.8 Å². The van der Waals surface area contributed by atoms with E-state index in [9.17, 15) is 0 Å². The SMILES string of the molecule is Cc1cc(Cl)nc(NCC2CCCNC2)n1. The van der Waals surface area contributed by atoms with Gasteiger partial charge in [-0.1, -0.05) is 11.6 Å². The van der Waals surface area contributed by atoms with Crippen molar-refractivity contribution in [3.8, 4) is 0 Å². The zero-order valence-electron chi connectivity index (χ0n) is 9.46. The molecule has 0 aliphatic carbocycles. The van der Waals surface area contributed by atoms with Crippen LogP contribution in [-0.4, -0.2) is 29.6 Å². The lowest BCUT2D eigenvalue weighted by Crippen LogP contribution is -2.33. The van der Waals surface area contributed by atoms with Gasteiger partial charge >= 0.3 is 0 Å². The molecule has 0 amide bonds. The maximum Gasteiger partial charge on any atom is 0.224 e. The van der Waals surface area contributed by atoms with Crippen LogP contribution in [0.5, 0.6) is 0 Å². The summed E-state index contributed by atoms with van der Waals surface area (Å²) in [5, 5.41) is 7.13.